The van der Waals surface area contributed by atoms with E-state index in [1.807, 2.05) is 41.8 Å². The van der Waals surface area contributed by atoms with Gasteiger partial charge in [-0.15, -0.1) is 11.3 Å². The number of rotatable bonds is 8. The van der Waals surface area contributed by atoms with Crippen LogP contribution in [0.3, 0.4) is 0 Å². The van der Waals surface area contributed by atoms with Gasteiger partial charge < -0.3 is 14.2 Å². The van der Waals surface area contributed by atoms with Gasteiger partial charge in [-0.1, -0.05) is 71.5 Å². The van der Waals surface area contributed by atoms with Crippen molar-refractivity contribution in [3.8, 4) is 11.5 Å². The smallest absolute Gasteiger partial charge is 0.338 e. The van der Waals surface area contributed by atoms with Crippen LogP contribution in [0, 0.1) is 0 Å². The van der Waals surface area contributed by atoms with Crippen molar-refractivity contribution in [2.24, 2.45) is 4.99 Å². The van der Waals surface area contributed by atoms with Crippen LogP contribution in [0.1, 0.15) is 35.9 Å². The number of thiazole rings is 1. The Morgan fingerprint density at radius 1 is 1.12 bits per heavy atom. The zero-order chi connectivity index (χ0) is 30.1. The number of nitrogens with zero attached hydrogens (tertiary/aromatic N) is 2. The molecule has 0 aliphatic carbocycles. The number of hydrogen-bond acceptors (Lipinski definition) is 8. The van der Waals surface area contributed by atoms with Crippen LogP contribution in [0.25, 0.3) is 16.8 Å². The highest BCUT2D eigenvalue weighted by molar-refractivity contribution is 7.10. The summed E-state index contributed by atoms with van der Waals surface area (Å²) in [5.41, 5.74) is 2.32. The summed E-state index contributed by atoms with van der Waals surface area (Å²) in [5, 5.41) is 4.51. The van der Waals surface area contributed by atoms with Crippen molar-refractivity contribution in [3.05, 3.63) is 124 Å². The number of hydrogen-bond donors (Lipinski definition) is 0. The van der Waals surface area contributed by atoms with Gasteiger partial charge in [0.1, 0.15) is 12.6 Å². The van der Waals surface area contributed by atoms with E-state index >= 15 is 0 Å². The molecule has 6 rings (SSSR count). The van der Waals surface area contributed by atoms with E-state index in [0.717, 1.165) is 21.2 Å². The first-order valence-corrected chi connectivity index (χ1v) is 15.7. The van der Waals surface area contributed by atoms with E-state index in [2.05, 4.69) is 23.2 Å². The van der Waals surface area contributed by atoms with E-state index in [4.69, 9.17) is 25.8 Å². The molecule has 1 atom stereocenters. The summed E-state index contributed by atoms with van der Waals surface area (Å²) in [4.78, 5) is 32.8. The molecule has 0 unspecified atom stereocenters. The van der Waals surface area contributed by atoms with Crippen molar-refractivity contribution in [3.63, 3.8) is 0 Å². The van der Waals surface area contributed by atoms with Crippen LogP contribution in [-0.4, -0.2) is 24.3 Å². The minimum Gasteiger partial charge on any atom is -0.493 e. The minimum atomic E-state index is -0.625. The fourth-order valence-corrected chi connectivity index (χ4v) is 7.33. The molecular formula is C33H27ClN2O5S2. The summed E-state index contributed by atoms with van der Waals surface area (Å²) in [6.07, 6.45) is 1.75. The van der Waals surface area contributed by atoms with Crippen LogP contribution >= 0.6 is 34.3 Å². The van der Waals surface area contributed by atoms with Gasteiger partial charge in [0.05, 0.1) is 34.5 Å². The highest BCUT2D eigenvalue weighted by atomic mass is 35.5. The molecule has 2 aromatic heterocycles. The van der Waals surface area contributed by atoms with Crippen LogP contribution in [-0.2, 0) is 16.1 Å². The number of aromatic nitrogens is 1. The van der Waals surface area contributed by atoms with Gasteiger partial charge in [0.2, 0.25) is 0 Å². The summed E-state index contributed by atoms with van der Waals surface area (Å²) in [5.74, 6) is 0.388. The number of carbonyl (C=O) groups excluding carboxylic acids is 1. The number of benzene rings is 3. The summed E-state index contributed by atoms with van der Waals surface area (Å²) in [7, 11) is 1.55. The molecule has 0 fully saturated rings. The Bertz CT molecular complexity index is 2060. The first kappa shape index (κ1) is 28.9. The number of carbonyl (C=O) groups is 1. The van der Waals surface area contributed by atoms with E-state index < -0.39 is 12.0 Å². The minimum absolute atomic E-state index is 0.224. The van der Waals surface area contributed by atoms with Crippen molar-refractivity contribution in [1.29, 1.82) is 0 Å². The predicted molar refractivity (Wildman–Crippen MR) is 171 cm³/mol. The lowest BCUT2D eigenvalue weighted by molar-refractivity contribution is -0.139. The number of esters is 1. The van der Waals surface area contributed by atoms with Crippen molar-refractivity contribution >= 4 is 57.1 Å². The fraction of sp³-hybridized carbons (Fsp3) is 0.182. The number of fused-ring (bicyclic) bond motifs is 2. The zero-order valence-electron chi connectivity index (χ0n) is 23.6. The maximum Gasteiger partial charge on any atom is 0.338 e. The van der Waals surface area contributed by atoms with Gasteiger partial charge in [0.15, 0.2) is 16.3 Å². The maximum absolute atomic E-state index is 13.9. The van der Waals surface area contributed by atoms with Crippen LogP contribution in [0.15, 0.2) is 93.2 Å². The third-order valence-electron chi connectivity index (χ3n) is 7.13. The molecule has 3 heterocycles. The maximum atomic E-state index is 13.9. The Morgan fingerprint density at radius 3 is 2.70 bits per heavy atom. The van der Waals surface area contributed by atoms with Gasteiger partial charge in [-0.2, -0.15) is 0 Å². The van der Waals surface area contributed by atoms with E-state index in [1.54, 1.807) is 43.7 Å². The molecule has 0 saturated heterocycles. The first-order valence-electron chi connectivity index (χ1n) is 13.6. The van der Waals surface area contributed by atoms with Gasteiger partial charge in [-0.25, -0.2) is 9.79 Å². The highest BCUT2D eigenvalue weighted by Crippen LogP contribution is 2.38. The van der Waals surface area contributed by atoms with Crippen molar-refractivity contribution < 1.29 is 19.0 Å². The SMILES string of the molecule is CCOC(=O)C1=C(C)N=c2s/c(=C\c3cc(Cl)c(OCc4cccc5ccccc45)c(OC)c3)c(=O)n2[C@H]1c1cccs1. The number of methoxy groups -OCH3 is 1. The predicted octanol–water partition coefficient (Wildman–Crippen LogP) is 6.25. The van der Waals surface area contributed by atoms with Crippen molar-refractivity contribution in [2.45, 2.75) is 26.5 Å². The average molecular weight is 631 g/mol. The van der Waals surface area contributed by atoms with Gasteiger partial charge >= 0.3 is 5.97 Å². The molecule has 1 aliphatic rings. The molecule has 7 nitrogen and oxygen atoms in total. The lowest BCUT2D eigenvalue weighted by Gasteiger charge is -2.23. The largest absolute Gasteiger partial charge is 0.493 e. The lowest BCUT2D eigenvalue weighted by Crippen LogP contribution is -2.39. The topological polar surface area (TPSA) is 79.1 Å². The summed E-state index contributed by atoms with van der Waals surface area (Å²) in [6.45, 7) is 4.05. The second-order valence-corrected chi connectivity index (χ2v) is 12.2. The van der Waals surface area contributed by atoms with Crippen LogP contribution < -0.4 is 24.4 Å². The summed E-state index contributed by atoms with van der Waals surface area (Å²) < 4.78 is 19.2. The standard InChI is InChI=1S/C33H27ClN2O5S2/c1-4-40-32(38)28-19(2)35-33-36(29(28)26-13-8-14-42-26)31(37)27(43-33)17-20-15-24(34)30(25(16-20)39-3)41-18-22-11-7-10-21-9-5-6-12-23(21)22/h5-17,29H,4,18H2,1-3H3/b27-17-/t29-/m0/s1. The Balaban J connectivity index is 1.38. The number of allylic oxidation sites excluding steroid dienone is 1. The highest BCUT2D eigenvalue weighted by Gasteiger charge is 2.33. The molecule has 0 bridgehead atoms. The normalized spacial score (nSPS) is 14.9. The first-order chi connectivity index (χ1) is 20.9. The van der Waals surface area contributed by atoms with E-state index in [1.165, 1.54) is 22.7 Å². The molecule has 10 heteroatoms. The third kappa shape index (κ3) is 5.51. The molecule has 0 saturated carbocycles. The van der Waals surface area contributed by atoms with Crippen molar-refractivity contribution in [1.82, 2.24) is 4.57 Å². The quantitative estimate of drug-likeness (QED) is 0.189. The molecule has 1 aliphatic heterocycles. The second-order valence-electron chi connectivity index (χ2n) is 9.78. The molecule has 5 aromatic rings. The van der Waals surface area contributed by atoms with Crippen LogP contribution in [0.4, 0.5) is 0 Å². The number of ether oxygens (including phenoxy) is 3. The molecule has 0 radical (unpaired) electrons. The van der Waals surface area contributed by atoms with E-state index in [-0.39, 0.29) is 12.2 Å². The number of thiophene rings is 1. The average Bonchev–Trinajstić information content (AvgIpc) is 3.64. The summed E-state index contributed by atoms with van der Waals surface area (Å²) >= 11 is 9.44. The third-order valence-corrected chi connectivity index (χ3v) is 9.32. The van der Waals surface area contributed by atoms with Gasteiger partial charge in [-0.05, 0) is 65.4 Å². The Kier molecular flexibility index (Phi) is 8.21. The molecule has 0 N–H and O–H groups in total. The Hall–Kier alpha value is -4.18. The van der Waals surface area contributed by atoms with E-state index in [0.29, 0.717) is 49.3 Å². The van der Waals surface area contributed by atoms with Gasteiger partial charge in [0, 0.05) is 4.88 Å². The molecule has 0 spiro atoms. The molecule has 0 amide bonds. The van der Waals surface area contributed by atoms with Crippen LogP contribution in [0.2, 0.25) is 5.02 Å². The Labute approximate surface area is 260 Å². The molecule has 218 valence electrons. The molecule has 3 aromatic carbocycles. The van der Waals surface area contributed by atoms with Crippen LogP contribution in [0.5, 0.6) is 11.5 Å². The fourth-order valence-electron chi connectivity index (χ4n) is 5.19. The van der Waals surface area contributed by atoms with Gasteiger partial charge in [0.25, 0.3) is 5.56 Å². The molecular weight excluding hydrogens is 604 g/mol. The lowest BCUT2D eigenvalue weighted by atomic mass is 10.0. The molecule has 43 heavy (non-hydrogen) atoms. The monoisotopic (exact) mass is 630 g/mol. The van der Waals surface area contributed by atoms with Crippen molar-refractivity contribution in [2.75, 3.05) is 13.7 Å². The Morgan fingerprint density at radius 2 is 1.93 bits per heavy atom. The summed E-state index contributed by atoms with van der Waals surface area (Å²) in [6, 6.07) is 20.9. The zero-order valence-corrected chi connectivity index (χ0v) is 26.0. The van der Waals surface area contributed by atoms with Gasteiger partial charge in [-0.3, -0.25) is 9.36 Å². The second kappa shape index (κ2) is 12.2. The van der Waals surface area contributed by atoms with E-state index in [9.17, 15) is 9.59 Å². The number of halogens is 1.